The van der Waals surface area contributed by atoms with Crippen molar-refractivity contribution >= 4 is 17.0 Å². The summed E-state index contributed by atoms with van der Waals surface area (Å²) in [6.45, 7) is 2.99. The van der Waals surface area contributed by atoms with Gasteiger partial charge in [-0.05, 0) is 24.1 Å². The Morgan fingerprint density at radius 2 is 1.95 bits per heavy atom. The van der Waals surface area contributed by atoms with Crippen molar-refractivity contribution in [2.45, 2.75) is 19.5 Å². The first-order chi connectivity index (χ1) is 10.8. The predicted molar refractivity (Wildman–Crippen MR) is 88.4 cm³/mol. The molecule has 1 aromatic heterocycles. The molecular formula is C18H19N3O. The Hall–Kier alpha value is -2.49. The molecule has 2 heterocycles. The summed E-state index contributed by atoms with van der Waals surface area (Å²) in [5.74, 6) is 1.93. The van der Waals surface area contributed by atoms with Gasteiger partial charge < -0.3 is 14.2 Å². The minimum Gasteiger partial charge on any atom is -0.497 e. The third-order valence-electron chi connectivity index (χ3n) is 4.24. The second-order valence-electron chi connectivity index (χ2n) is 5.68. The summed E-state index contributed by atoms with van der Waals surface area (Å²) in [5, 5.41) is 0. The fourth-order valence-corrected chi connectivity index (χ4v) is 3.16. The maximum atomic E-state index is 5.31. The van der Waals surface area contributed by atoms with Crippen LogP contribution < -0.4 is 9.64 Å². The highest BCUT2D eigenvalue weighted by atomic mass is 16.5. The lowest BCUT2D eigenvalue weighted by molar-refractivity contribution is 0.415. The summed E-state index contributed by atoms with van der Waals surface area (Å²) in [6, 6.07) is 16.7. The fraction of sp³-hybridized carbons (Fsp3) is 0.278. The number of hydrogen-bond donors (Lipinski definition) is 0. The Morgan fingerprint density at radius 1 is 1.09 bits per heavy atom. The van der Waals surface area contributed by atoms with Crippen LogP contribution in [-0.2, 0) is 13.1 Å². The quantitative estimate of drug-likeness (QED) is 0.741. The van der Waals surface area contributed by atoms with Crippen molar-refractivity contribution in [2.24, 2.45) is 0 Å². The molecule has 0 unspecified atom stereocenters. The molecule has 0 fully saturated rings. The molecule has 0 radical (unpaired) electrons. The number of aromatic nitrogens is 2. The van der Waals surface area contributed by atoms with E-state index in [1.807, 2.05) is 12.1 Å². The summed E-state index contributed by atoms with van der Waals surface area (Å²) in [6.07, 6.45) is 1.15. The molecule has 2 aromatic carbocycles. The molecule has 112 valence electrons. The van der Waals surface area contributed by atoms with Crippen molar-refractivity contribution in [2.75, 3.05) is 18.6 Å². The van der Waals surface area contributed by atoms with Crippen LogP contribution in [0.1, 0.15) is 12.0 Å². The van der Waals surface area contributed by atoms with Crippen LogP contribution in [0.25, 0.3) is 11.0 Å². The summed E-state index contributed by atoms with van der Waals surface area (Å²) in [4.78, 5) is 7.21. The predicted octanol–water partition coefficient (Wildman–Crippen LogP) is 3.46. The number of imidazole rings is 1. The zero-order chi connectivity index (χ0) is 14.9. The van der Waals surface area contributed by atoms with E-state index in [-0.39, 0.29) is 0 Å². The number of benzene rings is 2. The van der Waals surface area contributed by atoms with E-state index in [2.05, 4.69) is 45.9 Å². The lowest BCUT2D eigenvalue weighted by atomic mass is 10.2. The molecule has 0 aliphatic carbocycles. The van der Waals surface area contributed by atoms with Gasteiger partial charge in [-0.2, -0.15) is 0 Å². The van der Waals surface area contributed by atoms with Gasteiger partial charge >= 0.3 is 0 Å². The van der Waals surface area contributed by atoms with Crippen molar-refractivity contribution in [3.05, 3.63) is 54.1 Å². The maximum absolute atomic E-state index is 5.31. The van der Waals surface area contributed by atoms with E-state index in [0.29, 0.717) is 0 Å². The molecule has 3 aromatic rings. The molecule has 0 amide bonds. The molecule has 1 aliphatic rings. The molecule has 0 spiro atoms. The largest absolute Gasteiger partial charge is 0.497 e. The van der Waals surface area contributed by atoms with Crippen molar-refractivity contribution in [1.82, 2.24) is 9.55 Å². The lowest BCUT2D eigenvalue weighted by Crippen LogP contribution is -2.31. The monoisotopic (exact) mass is 293 g/mol. The number of hydrogen-bond acceptors (Lipinski definition) is 3. The molecule has 4 rings (SSSR count). The van der Waals surface area contributed by atoms with Crippen LogP contribution in [0.15, 0.2) is 48.5 Å². The second kappa shape index (κ2) is 5.37. The first-order valence-electron chi connectivity index (χ1n) is 7.68. The van der Waals surface area contributed by atoms with Crippen LogP contribution in [0.5, 0.6) is 5.75 Å². The van der Waals surface area contributed by atoms with Gasteiger partial charge in [0.05, 0.1) is 18.1 Å². The summed E-state index contributed by atoms with van der Waals surface area (Å²) < 4.78 is 7.63. The Kier molecular flexibility index (Phi) is 3.22. The maximum Gasteiger partial charge on any atom is 0.206 e. The highest BCUT2D eigenvalue weighted by molar-refractivity contribution is 5.80. The molecule has 0 bridgehead atoms. The normalized spacial score (nSPS) is 14.1. The molecule has 0 saturated heterocycles. The molecular weight excluding hydrogens is 274 g/mol. The van der Waals surface area contributed by atoms with Crippen molar-refractivity contribution in [3.8, 4) is 5.75 Å². The van der Waals surface area contributed by atoms with Crippen LogP contribution in [0.2, 0.25) is 0 Å². The molecule has 0 atom stereocenters. The van der Waals surface area contributed by atoms with Crippen LogP contribution in [0, 0.1) is 0 Å². The summed E-state index contributed by atoms with van der Waals surface area (Å²) in [5.41, 5.74) is 3.52. The van der Waals surface area contributed by atoms with Gasteiger partial charge in [-0.15, -0.1) is 0 Å². The SMILES string of the molecule is COc1ccc2c(c1)nc1n2CCCN1Cc1ccccc1. The number of methoxy groups -OCH3 is 1. The van der Waals surface area contributed by atoms with E-state index in [9.17, 15) is 0 Å². The highest BCUT2D eigenvalue weighted by Crippen LogP contribution is 2.29. The molecule has 0 N–H and O–H groups in total. The number of rotatable bonds is 3. The summed E-state index contributed by atoms with van der Waals surface area (Å²) >= 11 is 0. The van der Waals surface area contributed by atoms with Crippen molar-refractivity contribution in [3.63, 3.8) is 0 Å². The van der Waals surface area contributed by atoms with E-state index in [0.717, 1.165) is 43.3 Å². The molecule has 4 heteroatoms. The van der Waals surface area contributed by atoms with Gasteiger partial charge in [0.2, 0.25) is 5.95 Å². The fourth-order valence-electron chi connectivity index (χ4n) is 3.16. The van der Waals surface area contributed by atoms with Gasteiger partial charge in [-0.1, -0.05) is 30.3 Å². The Morgan fingerprint density at radius 3 is 2.77 bits per heavy atom. The smallest absolute Gasteiger partial charge is 0.206 e. The second-order valence-corrected chi connectivity index (χ2v) is 5.68. The zero-order valence-corrected chi connectivity index (χ0v) is 12.7. The third-order valence-corrected chi connectivity index (χ3v) is 4.24. The average molecular weight is 293 g/mol. The van der Waals surface area contributed by atoms with Crippen molar-refractivity contribution < 1.29 is 4.74 Å². The molecule has 1 aliphatic heterocycles. The summed E-state index contributed by atoms with van der Waals surface area (Å²) in [7, 11) is 1.69. The number of fused-ring (bicyclic) bond motifs is 3. The number of nitrogens with zero attached hydrogens (tertiary/aromatic N) is 3. The van der Waals surface area contributed by atoms with Crippen LogP contribution in [-0.4, -0.2) is 23.2 Å². The minimum atomic E-state index is 0.859. The first-order valence-corrected chi connectivity index (χ1v) is 7.68. The van der Waals surface area contributed by atoms with Crippen molar-refractivity contribution in [1.29, 1.82) is 0 Å². The lowest BCUT2D eigenvalue weighted by Gasteiger charge is -2.29. The Labute approximate surface area is 130 Å². The Balaban J connectivity index is 1.74. The Bertz CT molecular complexity index is 795. The van der Waals surface area contributed by atoms with Gasteiger partial charge in [0, 0.05) is 25.7 Å². The molecule has 0 saturated carbocycles. The highest BCUT2D eigenvalue weighted by Gasteiger charge is 2.21. The van der Waals surface area contributed by atoms with E-state index in [1.165, 1.54) is 11.1 Å². The topological polar surface area (TPSA) is 30.3 Å². The van der Waals surface area contributed by atoms with Gasteiger partial charge in [-0.3, -0.25) is 0 Å². The van der Waals surface area contributed by atoms with Gasteiger partial charge in [0.15, 0.2) is 0 Å². The van der Waals surface area contributed by atoms with Crippen LogP contribution in [0.4, 0.5) is 5.95 Å². The van der Waals surface area contributed by atoms with E-state index < -0.39 is 0 Å². The zero-order valence-electron chi connectivity index (χ0n) is 12.7. The van der Waals surface area contributed by atoms with E-state index in [1.54, 1.807) is 7.11 Å². The van der Waals surface area contributed by atoms with Gasteiger partial charge in [0.1, 0.15) is 5.75 Å². The first kappa shape index (κ1) is 13.2. The van der Waals surface area contributed by atoms with Crippen LogP contribution >= 0.6 is 0 Å². The average Bonchev–Trinajstić information content (AvgIpc) is 2.94. The van der Waals surface area contributed by atoms with Gasteiger partial charge in [0.25, 0.3) is 0 Å². The number of aryl methyl sites for hydroxylation is 1. The third kappa shape index (κ3) is 2.21. The van der Waals surface area contributed by atoms with Gasteiger partial charge in [-0.25, -0.2) is 4.98 Å². The van der Waals surface area contributed by atoms with E-state index >= 15 is 0 Å². The minimum absolute atomic E-state index is 0.859. The molecule has 4 nitrogen and oxygen atoms in total. The van der Waals surface area contributed by atoms with E-state index in [4.69, 9.17) is 9.72 Å². The molecule has 22 heavy (non-hydrogen) atoms. The number of ether oxygens (including phenoxy) is 1. The standard InChI is InChI=1S/C18H19N3O/c1-22-15-8-9-17-16(12-15)19-18-20(10-5-11-21(17)18)13-14-6-3-2-4-7-14/h2-4,6-9,12H,5,10-11,13H2,1H3. The van der Waals surface area contributed by atoms with Crippen LogP contribution in [0.3, 0.4) is 0 Å². The number of anilines is 1.